The average Bonchev–Trinajstić information content (AvgIpc) is 2.37. The van der Waals surface area contributed by atoms with E-state index in [1.165, 1.54) is 51.5 Å². The van der Waals surface area contributed by atoms with Crippen LogP contribution < -0.4 is 5.32 Å². The number of rotatable bonds is 3. The van der Waals surface area contributed by atoms with Crippen molar-refractivity contribution in [3.05, 3.63) is 12.2 Å². The Kier molecular flexibility index (Phi) is 4.89. The van der Waals surface area contributed by atoms with Gasteiger partial charge in [0.05, 0.1) is 0 Å². The van der Waals surface area contributed by atoms with Crippen molar-refractivity contribution < 1.29 is 0 Å². The molecule has 0 bridgehead atoms. The fourth-order valence-corrected chi connectivity index (χ4v) is 3.54. The molecule has 0 aromatic rings. The molecule has 1 atom stereocenters. The summed E-state index contributed by atoms with van der Waals surface area (Å²) < 4.78 is 0. The van der Waals surface area contributed by atoms with Gasteiger partial charge in [0.2, 0.25) is 0 Å². The summed E-state index contributed by atoms with van der Waals surface area (Å²) in [7, 11) is 0. The van der Waals surface area contributed by atoms with E-state index in [0.29, 0.717) is 5.41 Å². The van der Waals surface area contributed by atoms with Gasteiger partial charge in [0, 0.05) is 6.04 Å². The van der Waals surface area contributed by atoms with E-state index in [1.54, 1.807) is 0 Å². The van der Waals surface area contributed by atoms with Crippen molar-refractivity contribution in [2.45, 2.75) is 71.8 Å². The van der Waals surface area contributed by atoms with Gasteiger partial charge in [-0.15, -0.1) is 0 Å². The molecule has 2 rings (SSSR count). The number of hydrogen-bond acceptors (Lipinski definition) is 1. The van der Waals surface area contributed by atoms with E-state index < -0.39 is 0 Å². The first kappa shape index (κ1) is 14.1. The van der Waals surface area contributed by atoms with Gasteiger partial charge < -0.3 is 5.32 Å². The molecule has 104 valence electrons. The van der Waals surface area contributed by atoms with Crippen LogP contribution in [0.2, 0.25) is 0 Å². The molecule has 1 N–H and O–H groups in total. The van der Waals surface area contributed by atoms with E-state index in [9.17, 15) is 0 Å². The summed E-state index contributed by atoms with van der Waals surface area (Å²) in [5.74, 6) is 1.89. The smallest absolute Gasteiger partial charge is 0.0105 e. The van der Waals surface area contributed by atoms with E-state index in [-0.39, 0.29) is 0 Å². The molecular weight excluding hydrogens is 218 g/mol. The minimum Gasteiger partial charge on any atom is -0.313 e. The quantitative estimate of drug-likeness (QED) is 0.724. The zero-order valence-electron chi connectivity index (χ0n) is 12.5. The molecule has 0 aromatic carbocycles. The molecule has 1 unspecified atom stereocenters. The van der Waals surface area contributed by atoms with Gasteiger partial charge in [-0.2, -0.15) is 0 Å². The lowest BCUT2D eigenvalue weighted by atomic mass is 9.70. The minimum absolute atomic E-state index is 0.520. The molecule has 0 radical (unpaired) electrons. The van der Waals surface area contributed by atoms with Gasteiger partial charge in [-0.25, -0.2) is 0 Å². The molecule has 0 spiro atoms. The molecule has 0 aromatic heterocycles. The summed E-state index contributed by atoms with van der Waals surface area (Å²) >= 11 is 0. The Morgan fingerprint density at radius 2 is 1.72 bits per heavy atom. The Balaban J connectivity index is 1.66. The second-order valence-corrected chi connectivity index (χ2v) is 7.47. The van der Waals surface area contributed by atoms with Crippen LogP contribution in [0, 0.1) is 17.3 Å². The lowest BCUT2D eigenvalue weighted by Gasteiger charge is -2.37. The average molecular weight is 249 g/mol. The first-order valence-corrected chi connectivity index (χ1v) is 7.94. The predicted molar refractivity (Wildman–Crippen MR) is 79.7 cm³/mol. The molecule has 1 nitrogen and oxygen atoms in total. The largest absolute Gasteiger partial charge is 0.313 e. The summed E-state index contributed by atoms with van der Waals surface area (Å²) in [6.45, 7) is 8.48. The third-order valence-corrected chi connectivity index (χ3v) is 5.04. The summed E-state index contributed by atoms with van der Waals surface area (Å²) in [5, 5.41) is 3.79. The molecule has 0 amide bonds. The fourth-order valence-electron chi connectivity index (χ4n) is 3.54. The van der Waals surface area contributed by atoms with Crippen LogP contribution in [0.5, 0.6) is 0 Å². The van der Waals surface area contributed by atoms with Gasteiger partial charge in [-0.05, 0) is 68.7 Å². The lowest BCUT2D eigenvalue weighted by Crippen LogP contribution is -2.36. The van der Waals surface area contributed by atoms with Crippen LogP contribution >= 0.6 is 0 Å². The fraction of sp³-hybridized carbons (Fsp3) is 0.882. The van der Waals surface area contributed by atoms with Crippen molar-refractivity contribution in [1.29, 1.82) is 0 Å². The summed E-state index contributed by atoms with van der Waals surface area (Å²) in [4.78, 5) is 0. The normalized spacial score (nSPS) is 33.6. The Morgan fingerprint density at radius 3 is 2.28 bits per heavy atom. The number of nitrogens with one attached hydrogen (secondary N) is 1. The zero-order chi connectivity index (χ0) is 13.0. The Bertz CT molecular complexity index is 266. The van der Waals surface area contributed by atoms with Gasteiger partial charge >= 0.3 is 0 Å². The van der Waals surface area contributed by atoms with Crippen LogP contribution in [0.3, 0.4) is 0 Å². The van der Waals surface area contributed by atoms with Gasteiger partial charge in [-0.1, -0.05) is 32.9 Å². The van der Waals surface area contributed by atoms with Crippen molar-refractivity contribution >= 4 is 0 Å². The molecule has 0 heterocycles. The monoisotopic (exact) mass is 249 g/mol. The highest BCUT2D eigenvalue weighted by molar-refractivity contribution is 4.93. The number of allylic oxidation sites excluding steroid dienone is 1. The summed E-state index contributed by atoms with van der Waals surface area (Å²) in [6, 6.07) is 0.760. The number of hydrogen-bond donors (Lipinski definition) is 1. The van der Waals surface area contributed by atoms with Crippen LogP contribution in [0.4, 0.5) is 0 Å². The highest BCUT2D eigenvalue weighted by Crippen LogP contribution is 2.39. The highest BCUT2D eigenvalue weighted by atomic mass is 14.9. The third-order valence-electron chi connectivity index (χ3n) is 5.04. The first-order valence-electron chi connectivity index (χ1n) is 7.94. The minimum atomic E-state index is 0.520. The molecule has 1 fully saturated rings. The van der Waals surface area contributed by atoms with Crippen molar-refractivity contribution in [1.82, 2.24) is 5.32 Å². The third kappa shape index (κ3) is 4.12. The molecule has 0 saturated heterocycles. The first-order chi connectivity index (χ1) is 8.55. The topological polar surface area (TPSA) is 12.0 Å². The maximum absolute atomic E-state index is 3.79. The Hall–Kier alpha value is -0.300. The van der Waals surface area contributed by atoms with Crippen LogP contribution in [0.1, 0.15) is 65.7 Å². The summed E-state index contributed by atoms with van der Waals surface area (Å²) in [5.41, 5.74) is 0.520. The van der Waals surface area contributed by atoms with Crippen molar-refractivity contribution in [2.24, 2.45) is 17.3 Å². The molecule has 1 heteroatoms. The van der Waals surface area contributed by atoms with E-state index in [4.69, 9.17) is 0 Å². The molecule has 2 aliphatic carbocycles. The maximum atomic E-state index is 3.79. The van der Waals surface area contributed by atoms with Gasteiger partial charge in [0.1, 0.15) is 0 Å². The van der Waals surface area contributed by atoms with Gasteiger partial charge in [0.15, 0.2) is 0 Å². The Labute approximate surface area is 113 Å². The molecule has 0 aliphatic heterocycles. The second-order valence-electron chi connectivity index (χ2n) is 7.47. The zero-order valence-corrected chi connectivity index (χ0v) is 12.5. The maximum Gasteiger partial charge on any atom is 0.0105 e. The SMILES string of the molecule is CC(C)(C)C1CCC(CNC2CC=CCC2)CC1. The van der Waals surface area contributed by atoms with Crippen molar-refractivity contribution in [3.63, 3.8) is 0 Å². The van der Waals surface area contributed by atoms with Crippen molar-refractivity contribution in [2.75, 3.05) is 6.54 Å². The summed E-state index contributed by atoms with van der Waals surface area (Å²) in [6.07, 6.45) is 14.3. The molecule has 2 aliphatic rings. The van der Waals surface area contributed by atoms with E-state index in [2.05, 4.69) is 38.2 Å². The standard InChI is InChI=1S/C17H31N/c1-17(2,3)15-11-9-14(10-12-15)13-18-16-7-5-4-6-8-16/h4-5,14-16,18H,6-13H2,1-3H3. The Morgan fingerprint density at radius 1 is 1.00 bits per heavy atom. The highest BCUT2D eigenvalue weighted by Gasteiger charge is 2.29. The predicted octanol–water partition coefficient (Wildman–Crippen LogP) is 4.54. The van der Waals surface area contributed by atoms with Crippen LogP contribution in [-0.2, 0) is 0 Å². The lowest BCUT2D eigenvalue weighted by molar-refractivity contribution is 0.147. The van der Waals surface area contributed by atoms with E-state index in [1.807, 2.05) is 0 Å². The molecule has 1 saturated carbocycles. The van der Waals surface area contributed by atoms with Crippen molar-refractivity contribution in [3.8, 4) is 0 Å². The van der Waals surface area contributed by atoms with E-state index in [0.717, 1.165) is 17.9 Å². The molecule has 18 heavy (non-hydrogen) atoms. The van der Waals surface area contributed by atoms with Crippen LogP contribution in [0.25, 0.3) is 0 Å². The van der Waals surface area contributed by atoms with Gasteiger partial charge in [0.25, 0.3) is 0 Å². The van der Waals surface area contributed by atoms with Crippen LogP contribution in [0.15, 0.2) is 12.2 Å². The van der Waals surface area contributed by atoms with Gasteiger partial charge in [-0.3, -0.25) is 0 Å². The van der Waals surface area contributed by atoms with Crippen LogP contribution in [-0.4, -0.2) is 12.6 Å². The van der Waals surface area contributed by atoms with E-state index >= 15 is 0 Å². The molecular formula is C17H31N. The second kappa shape index (κ2) is 6.23.